The molecule has 0 radical (unpaired) electrons. The maximum Gasteiger partial charge on any atom is 0.339 e. The van der Waals surface area contributed by atoms with Crippen molar-refractivity contribution in [2.24, 2.45) is 0 Å². The zero-order chi connectivity index (χ0) is 18.2. The molecule has 128 valence electrons. The van der Waals surface area contributed by atoms with Crippen LogP contribution in [0, 0.1) is 24.1 Å². The zero-order valence-electron chi connectivity index (χ0n) is 13.4. The van der Waals surface area contributed by atoms with Gasteiger partial charge in [0.15, 0.2) is 6.61 Å². The molecule has 0 heterocycles. The molecule has 0 aromatic heterocycles. The van der Waals surface area contributed by atoms with E-state index in [0.29, 0.717) is 11.3 Å². The monoisotopic (exact) mass is 358 g/mol. The van der Waals surface area contributed by atoms with Gasteiger partial charge in [0.1, 0.15) is 5.82 Å². The molecule has 1 N–H and O–H groups in total. The molecule has 1 amide bonds. The summed E-state index contributed by atoms with van der Waals surface area (Å²) in [5, 5.41) is 11.3. The molecule has 0 saturated carbocycles. The number of hydrogen-bond donors (Lipinski definition) is 1. The number of nitrogens with zero attached hydrogens (tertiary/aromatic N) is 1. The van der Waals surface area contributed by atoms with E-state index in [1.165, 1.54) is 23.9 Å². The van der Waals surface area contributed by atoms with Gasteiger partial charge in [-0.15, -0.1) is 11.8 Å². The lowest BCUT2D eigenvalue weighted by Gasteiger charge is -2.10. The summed E-state index contributed by atoms with van der Waals surface area (Å²) < 4.78 is 18.2. The van der Waals surface area contributed by atoms with Gasteiger partial charge in [0.25, 0.3) is 5.91 Å². The molecule has 0 bridgehead atoms. The van der Waals surface area contributed by atoms with E-state index in [9.17, 15) is 14.0 Å². The summed E-state index contributed by atoms with van der Waals surface area (Å²) in [5.74, 6) is -1.59. The summed E-state index contributed by atoms with van der Waals surface area (Å²) in [5.41, 5.74) is 1.17. The molecule has 2 rings (SSSR count). The van der Waals surface area contributed by atoms with E-state index in [4.69, 9.17) is 10.00 Å². The Balaban J connectivity index is 1.96. The van der Waals surface area contributed by atoms with Crippen molar-refractivity contribution in [3.05, 3.63) is 59.4 Å². The lowest BCUT2D eigenvalue weighted by Crippen LogP contribution is -2.21. The van der Waals surface area contributed by atoms with Crippen LogP contribution in [-0.4, -0.2) is 24.2 Å². The first-order valence-corrected chi connectivity index (χ1v) is 8.31. The van der Waals surface area contributed by atoms with Gasteiger partial charge < -0.3 is 10.1 Å². The summed E-state index contributed by atoms with van der Waals surface area (Å²) in [6, 6.07) is 12.8. The van der Waals surface area contributed by atoms with Crippen LogP contribution >= 0.6 is 11.8 Å². The van der Waals surface area contributed by atoms with Crippen molar-refractivity contribution in [2.75, 3.05) is 17.7 Å². The lowest BCUT2D eigenvalue weighted by atomic mass is 10.1. The molecular formula is C18H15FN2O3S. The molecule has 0 aliphatic rings. The zero-order valence-corrected chi connectivity index (χ0v) is 14.2. The molecule has 25 heavy (non-hydrogen) atoms. The minimum Gasteiger partial charge on any atom is -0.452 e. The van der Waals surface area contributed by atoms with E-state index in [1.807, 2.05) is 6.07 Å². The van der Waals surface area contributed by atoms with Gasteiger partial charge in [-0.3, -0.25) is 4.79 Å². The molecule has 5 nitrogen and oxygen atoms in total. The second-order valence-corrected chi connectivity index (χ2v) is 6.04. The Labute approximate surface area is 148 Å². The average molecular weight is 358 g/mol. The number of benzene rings is 2. The number of carbonyl (C=O) groups excluding carboxylic acids is 2. The molecule has 2 aromatic carbocycles. The van der Waals surface area contributed by atoms with Crippen molar-refractivity contribution < 1.29 is 18.7 Å². The number of anilines is 1. The predicted octanol–water partition coefficient (Wildman–Crippen LogP) is 3.55. The van der Waals surface area contributed by atoms with Crippen molar-refractivity contribution in [1.82, 2.24) is 0 Å². The van der Waals surface area contributed by atoms with Crippen LogP contribution < -0.4 is 5.32 Å². The fourth-order valence-electron chi connectivity index (χ4n) is 2.02. The molecule has 0 atom stereocenters. The van der Waals surface area contributed by atoms with Crippen LogP contribution in [0.2, 0.25) is 0 Å². The van der Waals surface area contributed by atoms with Crippen LogP contribution in [0.4, 0.5) is 10.1 Å². The summed E-state index contributed by atoms with van der Waals surface area (Å²) in [4.78, 5) is 24.7. The first-order valence-electron chi connectivity index (χ1n) is 7.33. The Kier molecular flexibility index (Phi) is 6.54. The largest absolute Gasteiger partial charge is 0.452 e. The molecule has 0 saturated heterocycles. The number of esters is 1. The number of aryl methyl sites for hydroxylation is 1. The normalized spacial score (nSPS) is 9.96. The van der Waals surface area contributed by atoms with E-state index in [1.54, 1.807) is 31.2 Å². The highest BCUT2D eigenvalue weighted by Gasteiger charge is 2.14. The van der Waals surface area contributed by atoms with Crippen LogP contribution in [0.3, 0.4) is 0 Å². The topological polar surface area (TPSA) is 79.2 Å². The number of thioether (sulfide) groups is 1. The third kappa shape index (κ3) is 5.33. The van der Waals surface area contributed by atoms with Gasteiger partial charge in [-0.1, -0.05) is 18.2 Å². The second-order valence-electron chi connectivity index (χ2n) is 5.03. The molecule has 0 aliphatic heterocycles. The maximum absolute atomic E-state index is 13.2. The van der Waals surface area contributed by atoms with Gasteiger partial charge in [0.2, 0.25) is 0 Å². The van der Waals surface area contributed by atoms with Crippen LogP contribution in [0.1, 0.15) is 15.9 Å². The fourth-order valence-corrected chi connectivity index (χ4v) is 2.68. The minimum atomic E-state index is -0.765. The third-order valence-electron chi connectivity index (χ3n) is 3.21. The molecule has 7 heteroatoms. The molecule has 0 spiro atoms. The Bertz CT molecular complexity index is 833. The van der Waals surface area contributed by atoms with E-state index in [0.717, 1.165) is 11.0 Å². The van der Waals surface area contributed by atoms with Crippen molar-refractivity contribution in [2.45, 2.75) is 11.8 Å². The molecule has 2 aromatic rings. The Morgan fingerprint density at radius 3 is 2.80 bits per heavy atom. The summed E-state index contributed by atoms with van der Waals surface area (Å²) in [6.45, 7) is 1.16. The fraction of sp³-hybridized carbons (Fsp3) is 0.167. The first kappa shape index (κ1) is 18.5. The number of nitriles is 1. The highest BCUT2D eigenvalue weighted by atomic mass is 32.2. The molecule has 0 unspecified atom stereocenters. The number of amides is 1. The number of rotatable bonds is 6. The Hall–Kier alpha value is -2.85. The second kappa shape index (κ2) is 8.85. The predicted molar refractivity (Wildman–Crippen MR) is 92.8 cm³/mol. The van der Waals surface area contributed by atoms with E-state index < -0.39 is 24.3 Å². The van der Waals surface area contributed by atoms with Crippen molar-refractivity contribution in [3.8, 4) is 6.07 Å². The van der Waals surface area contributed by atoms with Gasteiger partial charge in [-0.2, -0.15) is 5.26 Å². The van der Waals surface area contributed by atoms with Crippen molar-refractivity contribution >= 4 is 29.3 Å². The average Bonchev–Trinajstić information content (AvgIpc) is 2.61. The SMILES string of the molecule is Cc1ccc(F)cc1C(=O)OCC(=O)Nc1ccccc1SCC#N. The summed E-state index contributed by atoms with van der Waals surface area (Å²) in [7, 11) is 0. The third-order valence-corrected chi connectivity index (χ3v) is 4.15. The van der Waals surface area contributed by atoms with E-state index in [-0.39, 0.29) is 11.3 Å². The summed E-state index contributed by atoms with van der Waals surface area (Å²) >= 11 is 1.29. The standard InChI is InChI=1S/C18H15FN2O3S/c1-12-6-7-13(19)10-14(12)18(23)24-11-17(22)21-15-4-2-3-5-16(15)25-9-8-20/h2-7,10H,9,11H2,1H3,(H,21,22). The Morgan fingerprint density at radius 1 is 1.28 bits per heavy atom. The van der Waals surface area contributed by atoms with Crippen LogP contribution in [0.5, 0.6) is 0 Å². The number of hydrogen-bond acceptors (Lipinski definition) is 5. The number of para-hydroxylation sites is 1. The Morgan fingerprint density at radius 2 is 2.04 bits per heavy atom. The van der Waals surface area contributed by atoms with E-state index >= 15 is 0 Å². The number of halogens is 1. The number of ether oxygens (including phenoxy) is 1. The number of carbonyl (C=O) groups is 2. The van der Waals surface area contributed by atoms with Gasteiger partial charge in [-0.25, -0.2) is 9.18 Å². The lowest BCUT2D eigenvalue weighted by molar-refractivity contribution is -0.119. The maximum atomic E-state index is 13.2. The van der Waals surface area contributed by atoms with Crippen LogP contribution in [0.15, 0.2) is 47.4 Å². The molecule has 0 fully saturated rings. The smallest absolute Gasteiger partial charge is 0.339 e. The van der Waals surface area contributed by atoms with Crippen LogP contribution in [-0.2, 0) is 9.53 Å². The minimum absolute atomic E-state index is 0.0813. The quantitative estimate of drug-likeness (QED) is 0.631. The van der Waals surface area contributed by atoms with E-state index in [2.05, 4.69) is 5.32 Å². The first-order chi connectivity index (χ1) is 12.0. The van der Waals surface area contributed by atoms with Crippen molar-refractivity contribution in [3.63, 3.8) is 0 Å². The highest BCUT2D eigenvalue weighted by molar-refractivity contribution is 7.99. The summed E-state index contributed by atoms with van der Waals surface area (Å²) in [6.07, 6.45) is 0. The molecule has 0 aliphatic carbocycles. The van der Waals surface area contributed by atoms with Gasteiger partial charge in [0.05, 0.1) is 23.1 Å². The van der Waals surface area contributed by atoms with Gasteiger partial charge in [0, 0.05) is 4.90 Å². The van der Waals surface area contributed by atoms with Crippen molar-refractivity contribution in [1.29, 1.82) is 5.26 Å². The van der Waals surface area contributed by atoms with Gasteiger partial charge >= 0.3 is 5.97 Å². The number of nitrogens with one attached hydrogen (secondary N) is 1. The van der Waals surface area contributed by atoms with Gasteiger partial charge in [-0.05, 0) is 36.8 Å². The van der Waals surface area contributed by atoms with Crippen LogP contribution in [0.25, 0.3) is 0 Å². The highest BCUT2D eigenvalue weighted by Crippen LogP contribution is 2.26. The molecular weight excluding hydrogens is 343 g/mol.